The molecule has 0 saturated carbocycles. The Labute approximate surface area is 118 Å². The Morgan fingerprint density at radius 2 is 2.10 bits per heavy atom. The summed E-state index contributed by atoms with van der Waals surface area (Å²) in [4.78, 5) is 4.15. The van der Waals surface area contributed by atoms with E-state index in [0.29, 0.717) is 12.1 Å². The minimum atomic E-state index is -0.604. The molecule has 0 fully saturated rings. The number of hydrogen-bond donors (Lipinski definition) is 1. The van der Waals surface area contributed by atoms with E-state index in [9.17, 15) is 4.39 Å². The van der Waals surface area contributed by atoms with Crippen LogP contribution in [0.25, 0.3) is 0 Å². The van der Waals surface area contributed by atoms with Gasteiger partial charge in [0.25, 0.3) is 0 Å². The Morgan fingerprint density at radius 1 is 1.35 bits per heavy atom. The van der Waals surface area contributed by atoms with Gasteiger partial charge in [0, 0.05) is 18.7 Å². The molecule has 5 heteroatoms. The van der Waals surface area contributed by atoms with Crippen LogP contribution in [0.3, 0.4) is 0 Å². The van der Waals surface area contributed by atoms with Crippen molar-refractivity contribution in [3.05, 3.63) is 47.3 Å². The number of aryl methyl sites for hydroxylation is 2. The van der Waals surface area contributed by atoms with Gasteiger partial charge in [0.2, 0.25) is 0 Å². The lowest BCUT2D eigenvalue weighted by molar-refractivity contribution is 0.395. The fourth-order valence-corrected chi connectivity index (χ4v) is 2.41. The third-order valence-electron chi connectivity index (χ3n) is 3.65. The summed E-state index contributed by atoms with van der Waals surface area (Å²) in [5.41, 5.74) is 8.68. The largest absolute Gasteiger partial charge is 0.320 e. The van der Waals surface area contributed by atoms with Gasteiger partial charge in [-0.1, -0.05) is 6.92 Å². The first-order valence-corrected chi connectivity index (χ1v) is 6.92. The molecule has 0 aliphatic heterocycles. The standard InChI is InChI=1S/C15H21FN4/c1-4-15(17,14-7-6-12(16)10-18-14)9-13-8-11(3)19-20(13)5-2/h6-8,10H,4-5,9,17H2,1-3H3. The van der Waals surface area contributed by atoms with E-state index in [-0.39, 0.29) is 5.82 Å². The smallest absolute Gasteiger partial charge is 0.141 e. The highest BCUT2D eigenvalue weighted by Crippen LogP contribution is 2.25. The lowest BCUT2D eigenvalue weighted by atomic mass is 9.87. The van der Waals surface area contributed by atoms with Gasteiger partial charge in [0.15, 0.2) is 0 Å². The molecule has 0 saturated heterocycles. The first kappa shape index (κ1) is 14.7. The molecule has 0 amide bonds. The Balaban J connectivity index is 2.33. The third-order valence-corrected chi connectivity index (χ3v) is 3.65. The van der Waals surface area contributed by atoms with Crippen molar-refractivity contribution >= 4 is 0 Å². The molecular weight excluding hydrogens is 255 g/mol. The van der Waals surface area contributed by atoms with Gasteiger partial charge in [0.05, 0.1) is 23.1 Å². The lowest BCUT2D eigenvalue weighted by Crippen LogP contribution is -2.40. The number of nitrogens with two attached hydrogens (primary N) is 1. The van der Waals surface area contributed by atoms with Crippen LogP contribution < -0.4 is 5.73 Å². The van der Waals surface area contributed by atoms with Gasteiger partial charge in [-0.15, -0.1) is 0 Å². The fourth-order valence-electron chi connectivity index (χ4n) is 2.41. The molecule has 0 spiro atoms. The van der Waals surface area contributed by atoms with Crippen LogP contribution in [0.15, 0.2) is 24.4 Å². The highest BCUT2D eigenvalue weighted by molar-refractivity contribution is 5.21. The van der Waals surface area contributed by atoms with Crippen LogP contribution in [0, 0.1) is 12.7 Å². The van der Waals surface area contributed by atoms with E-state index in [1.807, 2.05) is 24.6 Å². The molecule has 1 atom stereocenters. The first-order valence-electron chi connectivity index (χ1n) is 6.92. The number of pyridine rings is 1. The van der Waals surface area contributed by atoms with Crippen molar-refractivity contribution < 1.29 is 4.39 Å². The SMILES string of the molecule is CCn1nc(C)cc1CC(N)(CC)c1ccc(F)cn1. The van der Waals surface area contributed by atoms with E-state index in [4.69, 9.17) is 5.73 Å². The second-order valence-electron chi connectivity index (χ2n) is 5.14. The minimum Gasteiger partial charge on any atom is -0.320 e. The van der Waals surface area contributed by atoms with Crippen molar-refractivity contribution in [2.24, 2.45) is 5.73 Å². The predicted octanol–water partition coefficient (Wildman–Crippen LogP) is 2.55. The second kappa shape index (κ2) is 5.71. The summed E-state index contributed by atoms with van der Waals surface area (Å²) >= 11 is 0. The van der Waals surface area contributed by atoms with Crippen molar-refractivity contribution in [3.63, 3.8) is 0 Å². The monoisotopic (exact) mass is 276 g/mol. The molecule has 108 valence electrons. The lowest BCUT2D eigenvalue weighted by Gasteiger charge is -2.27. The molecule has 20 heavy (non-hydrogen) atoms. The Bertz CT molecular complexity index is 576. The maximum atomic E-state index is 13.0. The predicted molar refractivity (Wildman–Crippen MR) is 76.7 cm³/mol. The average Bonchev–Trinajstić information content (AvgIpc) is 2.79. The normalized spacial score (nSPS) is 14.2. The van der Waals surface area contributed by atoms with E-state index < -0.39 is 5.54 Å². The number of hydrogen-bond acceptors (Lipinski definition) is 3. The zero-order valence-electron chi connectivity index (χ0n) is 12.2. The maximum absolute atomic E-state index is 13.0. The molecule has 2 rings (SSSR count). The molecule has 0 aliphatic rings. The first-order chi connectivity index (χ1) is 9.48. The van der Waals surface area contributed by atoms with Gasteiger partial charge >= 0.3 is 0 Å². The number of aromatic nitrogens is 3. The second-order valence-corrected chi connectivity index (χ2v) is 5.14. The zero-order valence-corrected chi connectivity index (χ0v) is 12.2. The quantitative estimate of drug-likeness (QED) is 0.913. The van der Waals surface area contributed by atoms with Crippen LogP contribution in [0.1, 0.15) is 37.4 Å². The number of nitrogens with zero attached hydrogens (tertiary/aromatic N) is 3. The van der Waals surface area contributed by atoms with Crippen LogP contribution >= 0.6 is 0 Å². The van der Waals surface area contributed by atoms with Gasteiger partial charge < -0.3 is 5.73 Å². The molecule has 0 aromatic carbocycles. The molecule has 2 heterocycles. The maximum Gasteiger partial charge on any atom is 0.141 e. The summed E-state index contributed by atoms with van der Waals surface area (Å²) in [6.45, 7) is 6.84. The van der Waals surface area contributed by atoms with Crippen molar-refractivity contribution in [2.45, 2.75) is 45.7 Å². The molecule has 2 aromatic rings. The molecule has 0 bridgehead atoms. The summed E-state index contributed by atoms with van der Waals surface area (Å²) in [6.07, 6.45) is 2.57. The van der Waals surface area contributed by atoms with Gasteiger partial charge in [-0.05, 0) is 38.5 Å². The third kappa shape index (κ3) is 2.88. The van der Waals surface area contributed by atoms with E-state index in [0.717, 1.165) is 24.4 Å². The Kier molecular flexibility index (Phi) is 4.18. The molecule has 2 N–H and O–H groups in total. The Hall–Kier alpha value is -1.75. The number of halogens is 1. The summed E-state index contributed by atoms with van der Waals surface area (Å²) < 4.78 is 15.0. The van der Waals surface area contributed by atoms with E-state index in [2.05, 4.69) is 17.0 Å². The van der Waals surface area contributed by atoms with Crippen LogP contribution in [0.4, 0.5) is 4.39 Å². The van der Waals surface area contributed by atoms with Crippen LogP contribution in [0.2, 0.25) is 0 Å². The molecule has 1 unspecified atom stereocenters. The van der Waals surface area contributed by atoms with Gasteiger partial charge in [-0.2, -0.15) is 5.10 Å². The van der Waals surface area contributed by atoms with Crippen molar-refractivity contribution in [3.8, 4) is 0 Å². The average molecular weight is 276 g/mol. The summed E-state index contributed by atoms with van der Waals surface area (Å²) in [5, 5.41) is 4.44. The van der Waals surface area contributed by atoms with Gasteiger partial charge in [-0.25, -0.2) is 4.39 Å². The van der Waals surface area contributed by atoms with Gasteiger partial charge in [-0.3, -0.25) is 9.67 Å². The molecule has 4 nitrogen and oxygen atoms in total. The Morgan fingerprint density at radius 3 is 2.65 bits per heavy atom. The van der Waals surface area contributed by atoms with Crippen LogP contribution in [0.5, 0.6) is 0 Å². The van der Waals surface area contributed by atoms with Crippen molar-refractivity contribution in [1.82, 2.24) is 14.8 Å². The van der Waals surface area contributed by atoms with Crippen molar-refractivity contribution in [2.75, 3.05) is 0 Å². The van der Waals surface area contributed by atoms with Crippen LogP contribution in [-0.2, 0) is 18.5 Å². The number of rotatable bonds is 5. The van der Waals surface area contributed by atoms with E-state index in [1.54, 1.807) is 6.07 Å². The molecule has 0 aliphatic carbocycles. The van der Waals surface area contributed by atoms with Crippen LogP contribution in [-0.4, -0.2) is 14.8 Å². The minimum absolute atomic E-state index is 0.346. The molecule has 0 radical (unpaired) electrons. The summed E-state index contributed by atoms with van der Waals surface area (Å²) in [7, 11) is 0. The molecular formula is C15H21FN4. The topological polar surface area (TPSA) is 56.7 Å². The van der Waals surface area contributed by atoms with E-state index in [1.165, 1.54) is 12.3 Å². The van der Waals surface area contributed by atoms with Gasteiger partial charge in [0.1, 0.15) is 5.82 Å². The summed E-state index contributed by atoms with van der Waals surface area (Å²) in [5.74, 6) is -0.346. The highest BCUT2D eigenvalue weighted by Gasteiger charge is 2.28. The fraction of sp³-hybridized carbons (Fsp3) is 0.467. The van der Waals surface area contributed by atoms with Crippen molar-refractivity contribution in [1.29, 1.82) is 0 Å². The zero-order chi connectivity index (χ0) is 14.8. The highest BCUT2D eigenvalue weighted by atomic mass is 19.1. The molecule has 2 aromatic heterocycles. The van der Waals surface area contributed by atoms with E-state index >= 15 is 0 Å². The summed E-state index contributed by atoms with van der Waals surface area (Å²) in [6, 6.07) is 5.12.